The molecule has 1 aromatic carbocycles. The maximum atomic E-state index is 14.0. The molecule has 3 N–H and O–H groups in total. The normalized spacial score (nSPS) is 13.8. The largest absolute Gasteiger partial charge is 0.485 e. The molecular formula is C24H21ClF2N6O3. The van der Waals surface area contributed by atoms with Gasteiger partial charge in [-0.2, -0.15) is 0 Å². The predicted octanol–water partition coefficient (Wildman–Crippen LogP) is 3.71. The Bertz CT molecular complexity index is 1530. The number of pyridine rings is 1. The molecule has 0 atom stereocenters. The maximum Gasteiger partial charge on any atom is 0.267 e. The average Bonchev–Trinajstić information content (AvgIpc) is 3.25. The summed E-state index contributed by atoms with van der Waals surface area (Å²) in [5.41, 5.74) is 5.92. The molecule has 0 radical (unpaired) electrons. The summed E-state index contributed by atoms with van der Waals surface area (Å²) in [6.07, 6.45) is 1.68. The Morgan fingerprint density at radius 1 is 1.14 bits per heavy atom. The van der Waals surface area contributed by atoms with Gasteiger partial charge >= 0.3 is 0 Å². The topological polar surface area (TPSA) is 124 Å². The molecule has 9 nitrogen and oxygen atoms in total. The Labute approximate surface area is 210 Å². The molecule has 0 fully saturated rings. The number of amides is 2. The second-order valence-corrected chi connectivity index (χ2v) is 8.66. The zero-order valence-corrected chi connectivity index (χ0v) is 20.2. The number of hydrogen-bond acceptors (Lipinski definition) is 6. The van der Waals surface area contributed by atoms with Gasteiger partial charge in [-0.05, 0) is 45.0 Å². The van der Waals surface area contributed by atoms with E-state index in [1.54, 1.807) is 43.5 Å². The van der Waals surface area contributed by atoms with Crippen molar-refractivity contribution in [2.75, 3.05) is 5.32 Å². The molecule has 1 aliphatic heterocycles. The van der Waals surface area contributed by atoms with E-state index < -0.39 is 23.0 Å². The van der Waals surface area contributed by atoms with Gasteiger partial charge in [0.25, 0.3) is 5.91 Å². The maximum absolute atomic E-state index is 14.0. The highest BCUT2D eigenvalue weighted by Crippen LogP contribution is 2.39. The van der Waals surface area contributed by atoms with Crippen LogP contribution >= 0.6 is 12.4 Å². The van der Waals surface area contributed by atoms with Crippen molar-refractivity contribution in [2.24, 2.45) is 5.73 Å². The summed E-state index contributed by atoms with van der Waals surface area (Å²) in [5, 5.41) is 2.69. The minimum Gasteiger partial charge on any atom is -0.485 e. The second-order valence-electron chi connectivity index (χ2n) is 8.66. The smallest absolute Gasteiger partial charge is 0.267 e. The summed E-state index contributed by atoms with van der Waals surface area (Å²) in [5.74, 6) is -1.95. The zero-order chi connectivity index (χ0) is 25.1. The van der Waals surface area contributed by atoms with Crippen molar-refractivity contribution in [3.05, 3.63) is 70.7 Å². The lowest BCUT2D eigenvalue weighted by molar-refractivity contribution is -0.119. The van der Waals surface area contributed by atoms with Gasteiger partial charge in [0.2, 0.25) is 5.91 Å². The van der Waals surface area contributed by atoms with Gasteiger partial charge in [-0.25, -0.2) is 23.7 Å². The first kappa shape index (κ1) is 25.0. The molecule has 12 heteroatoms. The van der Waals surface area contributed by atoms with Gasteiger partial charge < -0.3 is 15.8 Å². The van der Waals surface area contributed by atoms with E-state index in [1.807, 2.05) is 0 Å². The van der Waals surface area contributed by atoms with Gasteiger partial charge in [0.15, 0.2) is 17.2 Å². The monoisotopic (exact) mass is 514 g/mol. The third-order valence-electron chi connectivity index (χ3n) is 6.00. The van der Waals surface area contributed by atoms with Crippen molar-refractivity contribution in [2.45, 2.75) is 32.8 Å². The van der Waals surface area contributed by atoms with E-state index in [4.69, 9.17) is 10.5 Å². The number of nitrogens with two attached hydrogens (primary N) is 1. The van der Waals surface area contributed by atoms with Gasteiger partial charge in [-0.15, -0.1) is 12.4 Å². The Morgan fingerprint density at radius 2 is 1.83 bits per heavy atom. The highest BCUT2D eigenvalue weighted by Gasteiger charge is 2.43. The van der Waals surface area contributed by atoms with E-state index in [0.29, 0.717) is 22.6 Å². The number of halogens is 3. The van der Waals surface area contributed by atoms with Crippen LogP contribution in [0.15, 0.2) is 36.5 Å². The van der Waals surface area contributed by atoms with E-state index in [9.17, 15) is 18.4 Å². The number of aryl methyl sites for hydroxylation is 1. The SMILES string of the molecule is Cc1nc2c(OCc3c(F)cccc3F)cccn2c1-c1nc2c(c(C(N)=O)n1)C(C)(C)C(=O)N2.Cl. The highest BCUT2D eigenvalue weighted by atomic mass is 35.5. The number of benzene rings is 1. The van der Waals surface area contributed by atoms with Crippen molar-refractivity contribution in [1.29, 1.82) is 0 Å². The molecule has 0 saturated carbocycles. The van der Waals surface area contributed by atoms with Crippen molar-refractivity contribution in [3.63, 3.8) is 0 Å². The van der Waals surface area contributed by atoms with Crippen LogP contribution in [0.1, 0.15) is 41.2 Å². The predicted molar refractivity (Wildman–Crippen MR) is 129 cm³/mol. The van der Waals surface area contributed by atoms with Crippen LogP contribution in [-0.2, 0) is 16.8 Å². The Balaban J connectivity index is 0.00000304. The number of imidazole rings is 1. The standard InChI is InChI=1S/C24H20F2N6O3.ClH/c1-11-18(21-29-17(19(27)33)16-20(30-21)31-23(34)24(16,2)3)32-9-5-8-15(22(32)28-11)35-10-12-13(25)6-4-7-14(12)26;/h4-9H,10H2,1-3H3,(H2,27,33)(H,29,30,31,34);1H. The van der Waals surface area contributed by atoms with Crippen LogP contribution in [-0.4, -0.2) is 31.2 Å². The zero-order valence-electron chi connectivity index (χ0n) is 19.4. The fraction of sp³-hybridized carbons (Fsp3) is 0.208. The molecule has 0 bridgehead atoms. The molecule has 4 aromatic rings. The Hall–Kier alpha value is -4.12. The molecular weight excluding hydrogens is 494 g/mol. The minimum atomic E-state index is -1.03. The molecule has 4 heterocycles. The summed E-state index contributed by atoms with van der Waals surface area (Å²) in [6, 6.07) is 6.87. The highest BCUT2D eigenvalue weighted by molar-refractivity contribution is 6.08. The summed E-state index contributed by atoms with van der Waals surface area (Å²) >= 11 is 0. The summed E-state index contributed by atoms with van der Waals surface area (Å²) in [6.45, 7) is 4.68. The molecule has 0 spiro atoms. The van der Waals surface area contributed by atoms with E-state index in [2.05, 4.69) is 20.3 Å². The fourth-order valence-corrected chi connectivity index (χ4v) is 4.16. The number of fused-ring (bicyclic) bond motifs is 2. The first-order valence-corrected chi connectivity index (χ1v) is 10.7. The number of rotatable bonds is 5. The molecule has 3 aromatic heterocycles. The lowest BCUT2D eigenvalue weighted by atomic mass is 9.85. The third kappa shape index (κ3) is 3.81. The number of hydrogen-bond donors (Lipinski definition) is 2. The van der Waals surface area contributed by atoms with Gasteiger partial charge in [0, 0.05) is 11.8 Å². The molecule has 186 valence electrons. The first-order valence-electron chi connectivity index (χ1n) is 10.7. The quantitative estimate of drug-likeness (QED) is 0.418. The minimum absolute atomic E-state index is 0. The molecule has 0 saturated heterocycles. The van der Waals surface area contributed by atoms with Crippen molar-refractivity contribution in [3.8, 4) is 17.3 Å². The molecule has 1 aliphatic rings. The lowest BCUT2D eigenvalue weighted by Gasteiger charge is -2.17. The van der Waals surface area contributed by atoms with Gasteiger partial charge in [-0.1, -0.05) is 6.07 Å². The van der Waals surface area contributed by atoms with Gasteiger partial charge in [0.05, 0.1) is 16.7 Å². The Morgan fingerprint density at radius 3 is 2.50 bits per heavy atom. The van der Waals surface area contributed by atoms with Crippen molar-refractivity contribution >= 4 is 35.7 Å². The second kappa shape index (κ2) is 8.83. The van der Waals surface area contributed by atoms with Crippen LogP contribution in [0.3, 0.4) is 0 Å². The molecule has 5 rings (SSSR count). The average molecular weight is 515 g/mol. The summed E-state index contributed by atoms with van der Waals surface area (Å²) in [4.78, 5) is 38.1. The number of nitrogens with one attached hydrogen (secondary N) is 1. The number of carbonyl (C=O) groups is 2. The van der Waals surface area contributed by atoms with E-state index in [0.717, 1.165) is 12.1 Å². The van der Waals surface area contributed by atoms with Gasteiger partial charge in [0.1, 0.15) is 35.4 Å². The molecule has 2 amide bonds. The summed E-state index contributed by atoms with van der Waals surface area (Å²) < 4.78 is 35.4. The van der Waals surface area contributed by atoms with E-state index in [-0.39, 0.29) is 53.6 Å². The lowest BCUT2D eigenvalue weighted by Crippen LogP contribution is -2.29. The molecule has 0 aliphatic carbocycles. The third-order valence-corrected chi connectivity index (χ3v) is 6.00. The number of primary amides is 1. The summed E-state index contributed by atoms with van der Waals surface area (Å²) in [7, 11) is 0. The molecule has 0 unspecified atom stereocenters. The first-order chi connectivity index (χ1) is 16.6. The van der Waals surface area contributed by atoms with E-state index >= 15 is 0 Å². The number of aromatic nitrogens is 4. The van der Waals surface area contributed by atoms with Crippen LogP contribution in [0.2, 0.25) is 0 Å². The van der Waals surface area contributed by atoms with Crippen molar-refractivity contribution in [1.82, 2.24) is 19.4 Å². The van der Waals surface area contributed by atoms with Crippen LogP contribution in [0.5, 0.6) is 5.75 Å². The number of nitrogens with zero attached hydrogens (tertiary/aromatic N) is 4. The Kier molecular flexibility index (Phi) is 6.13. The number of anilines is 1. The number of ether oxygens (including phenoxy) is 1. The molecule has 36 heavy (non-hydrogen) atoms. The van der Waals surface area contributed by atoms with Crippen LogP contribution < -0.4 is 15.8 Å². The fourth-order valence-electron chi connectivity index (χ4n) is 4.16. The van der Waals surface area contributed by atoms with Crippen LogP contribution in [0.4, 0.5) is 14.6 Å². The van der Waals surface area contributed by atoms with Crippen molar-refractivity contribution < 1.29 is 23.1 Å². The number of carbonyl (C=O) groups excluding carboxylic acids is 2. The van der Waals surface area contributed by atoms with Gasteiger partial charge in [-0.3, -0.25) is 14.0 Å². The van der Waals surface area contributed by atoms with Crippen LogP contribution in [0, 0.1) is 18.6 Å². The van der Waals surface area contributed by atoms with Crippen LogP contribution in [0.25, 0.3) is 17.2 Å². The van der Waals surface area contributed by atoms with E-state index in [1.165, 1.54) is 6.07 Å².